The molecular formula is C14H10N4O3S. The summed E-state index contributed by atoms with van der Waals surface area (Å²) in [6.07, 6.45) is 1.34. The fourth-order valence-electron chi connectivity index (χ4n) is 1.82. The first-order valence-electron chi connectivity index (χ1n) is 6.25. The predicted octanol–water partition coefficient (Wildman–Crippen LogP) is 1.63. The van der Waals surface area contributed by atoms with E-state index in [1.54, 1.807) is 18.2 Å². The lowest BCUT2D eigenvalue weighted by molar-refractivity contribution is 0.102. The van der Waals surface area contributed by atoms with Crippen LogP contribution in [0.15, 0.2) is 29.6 Å². The molecule has 3 rings (SSSR count). The summed E-state index contributed by atoms with van der Waals surface area (Å²) in [6.45, 7) is 0.167. The number of carbonyl (C=O) groups is 1. The number of carbonyl (C=O) groups excluding carboxylic acids is 1. The second-order valence-electron chi connectivity index (χ2n) is 4.34. The van der Waals surface area contributed by atoms with E-state index in [0.717, 1.165) is 11.8 Å². The summed E-state index contributed by atoms with van der Waals surface area (Å²) in [7, 11) is 0. The van der Waals surface area contributed by atoms with E-state index in [9.17, 15) is 4.79 Å². The number of fused-ring (bicyclic) bond motifs is 1. The third kappa shape index (κ3) is 2.80. The lowest BCUT2D eigenvalue weighted by Crippen LogP contribution is -2.04. The van der Waals surface area contributed by atoms with Crippen molar-refractivity contribution < 1.29 is 14.3 Å². The molecule has 0 atom stereocenters. The summed E-state index contributed by atoms with van der Waals surface area (Å²) < 4.78 is 10.4. The number of nitrogens with two attached hydrogens (primary N) is 1. The fourth-order valence-corrected chi connectivity index (χ4v) is 2.53. The van der Waals surface area contributed by atoms with Gasteiger partial charge >= 0.3 is 0 Å². The Kier molecular flexibility index (Phi) is 3.80. The third-order valence-corrected chi connectivity index (χ3v) is 3.80. The molecule has 22 heavy (non-hydrogen) atoms. The number of ether oxygens (including phenoxy) is 2. The van der Waals surface area contributed by atoms with Crippen LogP contribution >= 0.6 is 11.8 Å². The van der Waals surface area contributed by atoms with Crippen molar-refractivity contribution in [1.82, 2.24) is 9.97 Å². The van der Waals surface area contributed by atoms with Gasteiger partial charge in [-0.15, -0.1) is 0 Å². The molecule has 1 aromatic heterocycles. The summed E-state index contributed by atoms with van der Waals surface area (Å²) in [6, 6.07) is 6.93. The summed E-state index contributed by atoms with van der Waals surface area (Å²) in [5, 5.41) is 9.11. The summed E-state index contributed by atoms with van der Waals surface area (Å²) >= 11 is 1.16. The molecular weight excluding hydrogens is 304 g/mol. The van der Waals surface area contributed by atoms with Gasteiger partial charge in [0.25, 0.3) is 0 Å². The molecule has 1 aliphatic heterocycles. The van der Waals surface area contributed by atoms with Crippen molar-refractivity contribution in [2.75, 3.05) is 18.3 Å². The minimum absolute atomic E-state index is 0.0881. The van der Waals surface area contributed by atoms with Crippen LogP contribution in [-0.4, -0.2) is 28.3 Å². The average Bonchev–Trinajstić information content (AvgIpc) is 3.00. The van der Waals surface area contributed by atoms with Gasteiger partial charge in [0.2, 0.25) is 6.79 Å². The monoisotopic (exact) mass is 314 g/mol. The van der Waals surface area contributed by atoms with E-state index >= 15 is 0 Å². The van der Waals surface area contributed by atoms with Crippen LogP contribution in [0.2, 0.25) is 0 Å². The number of rotatable bonds is 4. The van der Waals surface area contributed by atoms with Crippen molar-refractivity contribution in [1.29, 1.82) is 5.26 Å². The van der Waals surface area contributed by atoms with Gasteiger partial charge in [0.15, 0.2) is 22.4 Å². The van der Waals surface area contributed by atoms with E-state index in [1.807, 2.05) is 6.07 Å². The van der Waals surface area contributed by atoms with Crippen LogP contribution in [0, 0.1) is 11.3 Å². The topological polar surface area (TPSA) is 111 Å². The van der Waals surface area contributed by atoms with E-state index in [2.05, 4.69) is 9.97 Å². The molecule has 0 aliphatic carbocycles. The highest BCUT2D eigenvalue weighted by Gasteiger charge is 2.16. The summed E-state index contributed by atoms with van der Waals surface area (Å²) in [5.74, 6) is 1.37. The van der Waals surface area contributed by atoms with Crippen LogP contribution < -0.4 is 15.2 Å². The first-order valence-corrected chi connectivity index (χ1v) is 7.24. The Bertz CT molecular complexity index is 788. The van der Waals surface area contributed by atoms with E-state index in [-0.39, 0.29) is 29.7 Å². The normalized spacial score (nSPS) is 12.0. The summed E-state index contributed by atoms with van der Waals surface area (Å²) in [4.78, 5) is 20.1. The molecule has 0 unspecified atom stereocenters. The molecule has 0 saturated heterocycles. The van der Waals surface area contributed by atoms with Crippen molar-refractivity contribution in [2.24, 2.45) is 0 Å². The second-order valence-corrected chi connectivity index (χ2v) is 5.29. The highest BCUT2D eigenvalue weighted by molar-refractivity contribution is 7.99. The van der Waals surface area contributed by atoms with Gasteiger partial charge in [-0.3, -0.25) is 4.79 Å². The van der Waals surface area contributed by atoms with Crippen LogP contribution in [-0.2, 0) is 0 Å². The highest BCUT2D eigenvalue weighted by Crippen LogP contribution is 2.33. The Hall–Kier alpha value is -2.79. The maximum atomic E-state index is 12.2. The van der Waals surface area contributed by atoms with Gasteiger partial charge in [-0.1, -0.05) is 11.8 Å². The lowest BCUT2D eigenvalue weighted by atomic mass is 10.1. The molecule has 2 aromatic rings. The number of hydrogen-bond donors (Lipinski definition) is 1. The maximum Gasteiger partial charge on any atom is 0.231 e. The van der Waals surface area contributed by atoms with Crippen LogP contribution in [0.5, 0.6) is 11.5 Å². The van der Waals surface area contributed by atoms with Gasteiger partial charge in [-0.05, 0) is 18.2 Å². The Balaban J connectivity index is 1.67. The minimum atomic E-state index is -0.0881. The molecule has 0 amide bonds. The number of ketones is 1. The molecule has 1 aliphatic rings. The molecule has 0 spiro atoms. The highest BCUT2D eigenvalue weighted by atomic mass is 32.2. The van der Waals surface area contributed by atoms with Gasteiger partial charge in [-0.2, -0.15) is 5.26 Å². The SMILES string of the molecule is N#Cc1cnc(SCC(=O)c2ccc3c(c2)OCO3)nc1N. The molecule has 110 valence electrons. The number of anilines is 1. The lowest BCUT2D eigenvalue weighted by Gasteiger charge is -2.03. The Labute approximate surface area is 130 Å². The van der Waals surface area contributed by atoms with Gasteiger partial charge in [0, 0.05) is 5.56 Å². The van der Waals surface area contributed by atoms with Crippen molar-refractivity contribution >= 4 is 23.4 Å². The standard InChI is InChI=1S/C14H10N4O3S/c15-4-9-5-17-14(18-13(9)16)22-6-10(19)8-1-2-11-12(3-8)21-7-20-11/h1-3,5H,6-7H2,(H2,16,17,18). The van der Waals surface area contributed by atoms with Crippen LogP contribution in [0.4, 0.5) is 5.82 Å². The first-order chi connectivity index (χ1) is 10.7. The second kappa shape index (κ2) is 5.91. The van der Waals surface area contributed by atoms with E-state index in [0.29, 0.717) is 22.2 Å². The number of nitriles is 1. The molecule has 0 fully saturated rings. The Morgan fingerprint density at radius 1 is 1.41 bits per heavy atom. The number of hydrogen-bond acceptors (Lipinski definition) is 8. The molecule has 2 heterocycles. The number of nitrogens with zero attached hydrogens (tertiary/aromatic N) is 3. The molecule has 7 nitrogen and oxygen atoms in total. The van der Waals surface area contributed by atoms with E-state index < -0.39 is 0 Å². The quantitative estimate of drug-likeness (QED) is 0.515. The third-order valence-electron chi connectivity index (χ3n) is 2.94. The van der Waals surface area contributed by atoms with Gasteiger partial charge in [0.05, 0.1) is 11.9 Å². The smallest absolute Gasteiger partial charge is 0.231 e. The van der Waals surface area contributed by atoms with Gasteiger partial charge < -0.3 is 15.2 Å². The zero-order valence-electron chi connectivity index (χ0n) is 11.3. The molecule has 0 bridgehead atoms. The van der Waals surface area contributed by atoms with E-state index in [1.165, 1.54) is 6.20 Å². The molecule has 2 N–H and O–H groups in total. The van der Waals surface area contributed by atoms with Crippen LogP contribution in [0.25, 0.3) is 0 Å². The molecule has 1 aromatic carbocycles. The largest absolute Gasteiger partial charge is 0.454 e. The van der Waals surface area contributed by atoms with Crippen molar-refractivity contribution in [3.63, 3.8) is 0 Å². The average molecular weight is 314 g/mol. The fraction of sp³-hybridized carbons (Fsp3) is 0.143. The molecule has 8 heteroatoms. The minimum Gasteiger partial charge on any atom is -0.454 e. The molecule has 0 saturated carbocycles. The number of benzene rings is 1. The zero-order valence-corrected chi connectivity index (χ0v) is 12.1. The summed E-state index contributed by atoms with van der Waals surface area (Å²) in [5.41, 5.74) is 6.35. The molecule has 0 radical (unpaired) electrons. The number of thioether (sulfide) groups is 1. The van der Waals surface area contributed by atoms with Crippen molar-refractivity contribution in [3.8, 4) is 17.6 Å². The number of nitrogen functional groups attached to an aromatic ring is 1. The number of aromatic nitrogens is 2. The van der Waals surface area contributed by atoms with Gasteiger partial charge in [0.1, 0.15) is 17.5 Å². The predicted molar refractivity (Wildman–Crippen MR) is 78.8 cm³/mol. The Morgan fingerprint density at radius 2 is 2.23 bits per heavy atom. The first kappa shape index (κ1) is 14.2. The van der Waals surface area contributed by atoms with Crippen LogP contribution in [0.3, 0.4) is 0 Å². The van der Waals surface area contributed by atoms with Crippen molar-refractivity contribution in [2.45, 2.75) is 5.16 Å². The zero-order chi connectivity index (χ0) is 15.5. The van der Waals surface area contributed by atoms with Crippen LogP contribution in [0.1, 0.15) is 15.9 Å². The maximum absolute atomic E-state index is 12.2. The van der Waals surface area contributed by atoms with E-state index in [4.69, 9.17) is 20.5 Å². The number of Topliss-reactive ketones (excluding diaryl/α,β-unsaturated/α-hetero) is 1. The van der Waals surface area contributed by atoms with Crippen molar-refractivity contribution in [3.05, 3.63) is 35.5 Å². The van der Waals surface area contributed by atoms with Gasteiger partial charge in [-0.25, -0.2) is 9.97 Å². The Morgan fingerprint density at radius 3 is 3.00 bits per heavy atom.